The lowest BCUT2D eigenvalue weighted by Gasteiger charge is -2.07. The summed E-state index contributed by atoms with van der Waals surface area (Å²) in [6, 6.07) is 0. The Hall–Kier alpha value is 0.660. The van der Waals surface area contributed by atoms with Crippen molar-refractivity contribution in [1.82, 2.24) is 0 Å². The third kappa shape index (κ3) is 24.6. The summed E-state index contributed by atoms with van der Waals surface area (Å²) in [5.74, 6) is 2.75. The Balaban J connectivity index is 2.99. The predicted molar refractivity (Wildman–Crippen MR) is 124 cm³/mol. The minimum atomic E-state index is -1.63. The first kappa shape index (κ1) is 27.7. The highest BCUT2D eigenvalue weighted by Crippen LogP contribution is 2.31. The number of unbranched alkanes of at least 4 members (excludes halogenated alkanes) is 15. The number of hydrogen-bond donors (Lipinski definition) is 1. The van der Waals surface area contributed by atoms with Crippen molar-refractivity contribution < 1.29 is 13.9 Å². The molecule has 3 nitrogen and oxygen atoms in total. The van der Waals surface area contributed by atoms with E-state index in [0.717, 1.165) is 6.42 Å². The molecule has 1 N–H and O–H groups in total. The lowest BCUT2D eigenvalue weighted by Crippen LogP contribution is -1.91. The summed E-state index contributed by atoms with van der Waals surface area (Å²) in [4.78, 5) is 9.14. The molecule has 0 amide bonds. The topological polar surface area (TPSA) is 38.7 Å². The molecule has 1 atom stereocenters. The molecule has 0 saturated carbocycles. The van der Waals surface area contributed by atoms with Crippen molar-refractivity contribution >= 4 is 20.4 Å². The average Bonchev–Trinajstić information content (AvgIpc) is 2.68. The first-order chi connectivity index (χ1) is 13.3. The van der Waals surface area contributed by atoms with Crippen LogP contribution >= 0.6 is 20.4 Å². The maximum absolute atomic E-state index is 9.14. The second kappa shape index (κ2) is 24.7. The second-order valence-corrected chi connectivity index (χ2v) is 9.85. The van der Waals surface area contributed by atoms with Gasteiger partial charge in [0.25, 0.3) is 0 Å². The predicted octanol–water partition coefficient (Wildman–Crippen LogP) is 8.25. The Morgan fingerprint density at radius 2 is 1.04 bits per heavy atom. The molecule has 0 spiro atoms. The summed E-state index contributed by atoms with van der Waals surface area (Å²) in [6.45, 7) is 2.90. The Labute approximate surface area is 175 Å². The highest BCUT2D eigenvalue weighted by atomic mass is 32.2. The largest absolute Gasteiger partial charge is 0.329 e. The van der Waals surface area contributed by atoms with Gasteiger partial charge in [-0.15, -0.1) is 0 Å². The lowest BCUT2D eigenvalue weighted by atomic mass is 10.1. The SMILES string of the molecule is CCCCCCCCCSCCCCCCCCCCCCOP(O)OC. The molecule has 5 heteroatoms. The van der Waals surface area contributed by atoms with Crippen molar-refractivity contribution in [2.75, 3.05) is 25.2 Å². The third-order valence-electron chi connectivity index (χ3n) is 4.93. The maximum atomic E-state index is 9.14. The van der Waals surface area contributed by atoms with Gasteiger partial charge in [0.1, 0.15) is 0 Å². The summed E-state index contributed by atoms with van der Waals surface area (Å²) >= 11 is 2.17. The van der Waals surface area contributed by atoms with E-state index in [2.05, 4.69) is 18.7 Å². The van der Waals surface area contributed by atoms with Crippen molar-refractivity contribution in [1.29, 1.82) is 0 Å². The van der Waals surface area contributed by atoms with E-state index in [1.165, 1.54) is 121 Å². The molecule has 0 radical (unpaired) electrons. The van der Waals surface area contributed by atoms with E-state index in [9.17, 15) is 0 Å². The van der Waals surface area contributed by atoms with Crippen LogP contribution in [0.4, 0.5) is 0 Å². The standard InChI is InChI=1S/C22H47O3PS/c1-3-4-5-6-12-15-18-21-27-22-19-16-13-10-8-7-9-11-14-17-20-25-26(23)24-2/h23H,3-22H2,1-2H3. The molecule has 0 aliphatic carbocycles. The van der Waals surface area contributed by atoms with Crippen molar-refractivity contribution in [2.45, 2.75) is 116 Å². The van der Waals surface area contributed by atoms with E-state index in [0.29, 0.717) is 6.61 Å². The molecule has 164 valence electrons. The van der Waals surface area contributed by atoms with Crippen LogP contribution in [0.25, 0.3) is 0 Å². The fourth-order valence-corrected chi connectivity index (χ4v) is 4.59. The van der Waals surface area contributed by atoms with E-state index in [4.69, 9.17) is 13.9 Å². The van der Waals surface area contributed by atoms with E-state index in [1.807, 2.05) is 0 Å². The molecule has 0 bridgehead atoms. The lowest BCUT2D eigenvalue weighted by molar-refractivity contribution is 0.224. The van der Waals surface area contributed by atoms with Crippen molar-refractivity contribution in [3.63, 3.8) is 0 Å². The van der Waals surface area contributed by atoms with Gasteiger partial charge in [-0.05, 0) is 30.8 Å². The molecule has 27 heavy (non-hydrogen) atoms. The van der Waals surface area contributed by atoms with E-state index >= 15 is 0 Å². The molecule has 0 fully saturated rings. The van der Waals surface area contributed by atoms with Gasteiger partial charge in [0.2, 0.25) is 0 Å². The van der Waals surface area contributed by atoms with Gasteiger partial charge < -0.3 is 13.9 Å². The van der Waals surface area contributed by atoms with Crippen LogP contribution in [0.15, 0.2) is 0 Å². The molecular weight excluding hydrogens is 375 g/mol. The Morgan fingerprint density at radius 1 is 0.630 bits per heavy atom. The third-order valence-corrected chi connectivity index (χ3v) is 6.80. The van der Waals surface area contributed by atoms with Crippen LogP contribution in [0.3, 0.4) is 0 Å². The molecule has 0 rings (SSSR count). The van der Waals surface area contributed by atoms with Gasteiger partial charge in [0.05, 0.1) is 6.61 Å². The van der Waals surface area contributed by atoms with Crippen molar-refractivity contribution in [2.24, 2.45) is 0 Å². The van der Waals surface area contributed by atoms with Gasteiger partial charge in [0, 0.05) is 7.11 Å². The Morgan fingerprint density at radius 3 is 1.48 bits per heavy atom. The molecule has 0 heterocycles. The molecule has 0 aromatic rings. The molecule has 0 aromatic carbocycles. The average molecular weight is 423 g/mol. The smallest absolute Gasteiger partial charge is 0.328 e. The zero-order valence-corrected chi connectivity index (χ0v) is 20.0. The normalized spacial score (nSPS) is 12.6. The minimum absolute atomic E-state index is 0.618. The van der Waals surface area contributed by atoms with Gasteiger partial charge in [0.15, 0.2) is 0 Å². The van der Waals surface area contributed by atoms with Crippen LogP contribution < -0.4 is 0 Å². The molecule has 0 saturated heterocycles. The van der Waals surface area contributed by atoms with Crippen LogP contribution in [0.2, 0.25) is 0 Å². The highest BCUT2D eigenvalue weighted by Gasteiger charge is 2.01. The van der Waals surface area contributed by atoms with Crippen LogP contribution in [-0.4, -0.2) is 30.1 Å². The van der Waals surface area contributed by atoms with Gasteiger partial charge >= 0.3 is 8.60 Å². The van der Waals surface area contributed by atoms with Gasteiger partial charge in [-0.2, -0.15) is 11.8 Å². The first-order valence-electron chi connectivity index (χ1n) is 11.5. The monoisotopic (exact) mass is 422 g/mol. The molecule has 0 aliphatic heterocycles. The van der Waals surface area contributed by atoms with E-state index in [-0.39, 0.29) is 0 Å². The van der Waals surface area contributed by atoms with Gasteiger partial charge in [-0.3, -0.25) is 0 Å². The highest BCUT2D eigenvalue weighted by molar-refractivity contribution is 7.99. The first-order valence-corrected chi connectivity index (χ1v) is 13.8. The zero-order chi connectivity index (χ0) is 19.8. The molecule has 0 aromatic heterocycles. The fourth-order valence-electron chi connectivity index (χ4n) is 3.18. The summed E-state index contributed by atoms with van der Waals surface area (Å²) in [6.07, 6.45) is 23.3. The summed E-state index contributed by atoms with van der Waals surface area (Å²) < 4.78 is 9.82. The van der Waals surface area contributed by atoms with Crippen LogP contribution in [0.1, 0.15) is 116 Å². The minimum Gasteiger partial charge on any atom is -0.328 e. The zero-order valence-electron chi connectivity index (χ0n) is 18.3. The van der Waals surface area contributed by atoms with E-state index in [1.54, 1.807) is 0 Å². The summed E-state index contributed by atoms with van der Waals surface area (Å²) in [7, 11) is -0.152. The molecule has 1 unspecified atom stereocenters. The van der Waals surface area contributed by atoms with Crippen molar-refractivity contribution in [3.05, 3.63) is 0 Å². The number of rotatable bonds is 23. The van der Waals surface area contributed by atoms with E-state index < -0.39 is 8.60 Å². The number of thioether (sulfide) groups is 1. The Bertz CT molecular complexity index is 270. The summed E-state index contributed by atoms with van der Waals surface area (Å²) in [5.41, 5.74) is 0. The van der Waals surface area contributed by atoms with Gasteiger partial charge in [-0.1, -0.05) is 96.8 Å². The number of hydrogen-bond acceptors (Lipinski definition) is 4. The van der Waals surface area contributed by atoms with Crippen molar-refractivity contribution in [3.8, 4) is 0 Å². The van der Waals surface area contributed by atoms with Crippen LogP contribution in [0, 0.1) is 0 Å². The quantitative estimate of drug-likeness (QED) is 0.133. The summed E-state index contributed by atoms with van der Waals surface area (Å²) in [5, 5.41) is 0. The fraction of sp³-hybridized carbons (Fsp3) is 1.00. The Kier molecular flexibility index (Phi) is 25.3. The van der Waals surface area contributed by atoms with Crippen LogP contribution in [0.5, 0.6) is 0 Å². The maximum Gasteiger partial charge on any atom is 0.329 e. The molecule has 0 aliphatic rings. The van der Waals surface area contributed by atoms with Crippen LogP contribution in [-0.2, 0) is 9.05 Å². The molecular formula is C22H47O3PS. The second-order valence-electron chi connectivity index (χ2n) is 7.52. The van der Waals surface area contributed by atoms with Gasteiger partial charge in [-0.25, -0.2) is 0 Å².